The van der Waals surface area contributed by atoms with Crippen molar-refractivity contribution < 1.29 is 4.79 Å². The molecule has 1 fully saturated rings. The summed E-state index contributed by atoms with van der Waals surface area (Å²) in [5, 5.41) is 0. The Hall–Kier alpha value is -0.720. The van der Waals surface area contributed by atoms with Crippen LogP contribution in [0.25, 0.3) is 0 Å². The number of likely N-dealkylation sites (N-methyl/N-ethyl adjacent to an activating group) is 1. The molecule has 1 atom stereocenters. The molecule has 0 aliphatic carbocycles. The Morgan fingerprint density at radius 2 is 1.88 bits per heavy atom. The molecule has 6 heteroatoms. The van der Waals surface area contributed by atoms with Crippen molar-refractivity contribution in [2.75, 3.05) is 46.8 Å². The van der Waals surface area contributed by atoms with Crippen LogP contribution >= 0.6 is 12.2 Å². The zero-order valence-electron chi connectivity index (χ0n) is 10.8. The van der Waals surface area contributed by atoms with Gasteiger partial charge in [0, 0.05) is 46.8 Å². The molecule has 1 heterocycles. The van der Waals surface area contributed by atoms with E-state index in [0.717, 1.165) is 26.2 Å². The van der Waals surface area contributed by atoms with Crippen LogP contribution in [0.3, 0.4) is 0 Å². The Labute approximate surface area is 109 Å². The number of hydrogen-bond donors (Lipinski definition) is 1. The van der Waals surface area contributed by atoms with Crippen LogP contribution in [0.1, 0.15) is 6.92 Å². The molecule has 0 spiro atoms. The molecule has 0 aromatic rings. The highest BCUT2D eigenvalue weighted by atomic mass is 32.1. The zero-order chi connectivity index (χ0) is 13.0. The molecule has 0 bridgehead atoms. The quantitative estimate of drug-likeness (QED) is 0.680. The minimum atomic E-state index is -0.0445. The largest absolute Gasteiger partial charge is 0.392 e. The fourth-order valence-corrected chi connectivity index (χ4v) is 2.24. The van der Waals surface area contributed by atoms with Gasteiger partial charge in [-0.05, 0) is 6.92 Å². The molecule has 1 amide bonds. The standard InChI is InChI=1S/C11H22N4OS/c1-9(11(16)13(2)3)15-6-4-14(5-7-15)8-10(12)17/h9H,4-8H2,1-3H3,(H2,12,17). The SMILES string of the molecule is CC(C(=O)N(C)C)N1CCN(CC(N)=S)CC1. The van der Waals surface area contributed by atoms with Gasteiger partial charge in [0.25, 0.3) is 0 Å². The molecular formula is C11H22N4OS. The molecule has 0 radical (unpaired) electrons. The Morgan fingerprint density at radius 1 is 1.35 bits per heavy atom. The number of carbonyl (C=O) groups is 1. The Balaban J connectivity index is 2.41. The highest BCUT2D eigenvalue weighted by Gasteiger charge is 2.26. The van der Waals surface area contributed by atoms with Crippen LogP contribution in [0.2, 0.25) is 0 Å². The molecule has 1 rings (SSSR count). The van der Waals surface area contributed by atoms with Crippen molar-refractivity contribution in [3.05, 3.63) is 0 Å². The van der Waals surface area contributed by atoms with Gasteiger partial charge in [0.2, 0.25) is 5.91 Å². The lowest BCUT2D eigenvalue weighted by atomic mass is 10.2. The number of nitrogens with two attached hydrogens (primary N) is 1. The van der Waals surface area contributed by atoms with Gasteiger partial charge < -0.3 is 10.6 Å². The predicted octanol–water partition coefficient (Wildman–Crippen LogP) is -0.633. The maximum absolute atomic E-state index is 11.8. The van der Waals surface area contributed by atoms with E-state index in [-0.39, 0.29) is 11.9 Å². The number of piperazine rings is 1. The highest BCUT2D eigenvalue weighted by molar-refractivity contribution is 7.80. The van der Waals surface area contributed by atoms with Crippen LogP contribution in [0.4, 0.5) is 0 Å². The summed E-state index contributed by atoms with van der Waals surface area (Å²) in [7, 11) is 3.59. The van der Waals surface area contributed by atoms with Crippen molar-refractivity contribution in [3.63, 3.8) is 0 Å². The Morgan fingerprint density at radius 3 is 2.29 bits per heavy atom. The molecule has 5 nitrogen and oxygen atoms in total. The highest BCUT2D eigenvalue weighted by Crippen LogP contribution is 2.07. The number of hydrogen-bond acceptors (Lipinski definition) is 4. The first kappa shape index (κ1) is 14.3. The molecule has 2 N–H and O–H groups in total. The van der Waals surface area contributed by atoms with Crippen LogP contribution < -0.4 is 5.73 Å². The van der Waals surface area contributed by atoms with Gasteiger partial charge in [0.05, 0.1) is 11.0 Å². The molecular weight excluding hydrogens is 236 g/mol. The summed E-state index contributed by atoms with van der Waals surface area (Å²) in [6.45, 7) is 6.27. The van der Waals surface area contributed by atoms with Gasteiger partial charge in [0.1, 0.15) is 0 Å². The third-order valence-electron chi connectivity index (χ3n) is 3.13. The summed E-state index contributed by atoms with van der Waals surface area (Å²) >= 11 is 4.89. The smallest absolute Gasteiger partial charge is 0.239 e. The van der Waals surface area contributed by atoms with E-state index < -0.39 is 0 Å². The van der Waals surface area contributed by atoms with Crippen molar-refractivity contribution in [1.82, 2.24) is 14.7 Å². The van der Waals surface area contributed by atoms with Crippen molar-refractivity contribution in [1.29, 1.82) is 0 Å². The second-order valence-corrected chi connectivity index (χ2v) is 5.21. The summed E-state index contributed by atoms with van der Waals surface area (Å²) in [6, 6.07) is -0.0445. The van der Waals surface area contributed by atoms with E-state index in [4.69, 9.17) is 18.0 Å². The molecule has 0 aromatic carbocycles. The topological polar surface area (TPSA) is 52.8 Å². The summed E-state index contributed by atoms with van der Waals surface area (Å²) in [5.41, 5.74) is 5.52. The van der Waals surface area contributed by atoms with Crippen LogP contribution in [0.15, 0.2) is 0 Å². The first-order valence-electron chi connectivity index (χ1n) is 5.87. The second-order valence-electron chi connectivity index (χ2n) is 4.69. The minimum Gasteiger partial charge on any atom is -0.392 e. The molecule has 98 valence electrons. The van der Waals surface area contributed by atoms with E-state index in [2.05, 4.69) is 9.80 Å². The lowest BCUT2D eigenvalue weighted by Gasteiger charge is -2.37. The first-order valence-corrected chi connectivity index (χ1v) is 6.28. The van der Waals surface area contributed by atoms with Crippen LogP contribution in [0.5, 0.6) is 0 Å². The zero-order valence-corrected chi connectivity index (χ0v) is 11.7. The van der Waals surface area contributed by atoms with E-state index in [9.17, 15) is 4.79 Å². The van der Waals surface area contributed by atoms with Gasteiger partial charge in [-0.15, -0.1) is 0 Å². The maximum atomic E-state index is 11.8. The van der Waals surface area contributed by atoms with Crippen LogP contribution in [-0.4, -0.2) is 78.5 Å². The van der Waals surface area contributed by atoms with E-state index in [1.165, 1.54) is 0 Å². The minimum absolute atomic E-state index is 0.0445. The van der Waals surface area contributed by atoms with E-state index in [0.29, 0.717) is 11.5 Å². The predicted molar refractivity (Wildman–Crippen MR) is 73.0 cm³/mol. The summed E-state index contributed by atoms with van der Waals surface area (Å²) in [4.78, 5) is 18.4. The fourth-order valence-electron chi connectivity index (χ4n) is 2.06. The van der Waals surface area contributed by atoms with E-state index in [1.54, 1.807) is 19.0 Å². The Kier molecular flexibility index (Phi) is 5.30. The van der Waals surface area contributed by atoms with Gasteiger partial charge in [-0.25, -0.2) is 0 Å². The number of nitrogens with zero attached hydrogens (tertiary/aromatic N) is 3. The average molecular weight is 258 g/mol. The molecule has 0 aromatic heterocycles. The van der Waals surface area contributed by atoms with Crippen molar-refractivity contribution in [2.45, 2.75) is 13.0 Å². The van der Waals surface area contributed by atoms with Crippen LogP contribution in [0, 0.1) is 0 Å². The maximum Gasteiger partial charge on any atom is 0.239 e. The van der Waals surface area contributed by atoms with Crippen molar-refractivity contribution >= 4 is 23.1 Å². The lowest BCUT2D eigenvalue weighted by Crippen LogP contribution is -2.54. The second kappa shape index (κ2) is 6.28. The molecule has 1 aliphatic rings. The number of carbonyl (C=O) groups excluding carboxylic acids is 1. The summed E-state index contributed by atoms with van der Waals surface area (Å²) in [6.07, 6.45) is 0. The van der Waals surface area contributed by atoms with Crippen molar-refractivity contribution in [3.8, 4) is 0 Å². The number of rotatable bonds is 4. The monoisotopic (exact) mass is 258 g/mol. The van der Waals surface area contributed by atoms with Gasteiger partial charge in [-0.2, -0.15) is 0 Å². The third-order valence-corrected chi connectivity index (χ3v) is 3.26. The summed E-state index contributed by atoms with van der Waals surface area (Å²) < 4.78 is 0. The number of thiocarbonyl (C=S) groups is 1. The number of amides is 1. The normalized spacial score (nSPS) is 19.9. The van der Waals surface area contributed by atoms with Crippen LogP contribution in [-0.2, 0) is 4.79 Å². The van der Waals surface area contributed by atoms with Gasteiger partial charge in [0.15, 0.2) is 0 Å². The van der Waals surface area contributed by atoms with E-state index >= 15 is 0 Å². The van der Waals surface area contributed by atoms with Gasteiger partial charge in [-0.3, -0.25) is 14.6 Å². The van der Waals surface area contributed by atoms with Gasteiger partial charge in [-0.1, -0.05) is 12.2 Å². The molecule has 1 aliphatic heterocycles. The fraction of sp³-hybridized carbons (Fsp3) is 0.818. The Bertz CT molecular complexity index is 287. The molecule has 0 saturated carbocycles. The molecule has 1 saturated heterocycles. The molecule has 1 unspecified atom stereocenters. The van der Waals surface area contributed by atoms with Gasteiger partial charge >= 0.3 is 0 Å². The lowest BCUT2D eigenvalue weighted by molar-refractivity contribution is -0.134. The third kappa shape index (κ3) is 4.22. The van der Waals surface area contributed by atoms with E-state index in [1.807, 2.05) is 6.92 Å². The van der Waals surface area contributed by atoms with Crippen molar-refractivity contribution in [2.24, 2.45) is 5.73 Å². The first-order chi connectivity index (χ1) is 7.91. The average Bonchev–Trinajstić information content (AvgIpc) is 2.27. The summed E-state index contributed by atoms with van der Waals surface area (Å²) in [5.74, 6) is 0.160. The molecule has 17 heavy (non-hydrogen) atoms.